The number of carbonyl (C=O) groups is 5. The Bertz CT molecular complexity index is 1820. The van der Waals surface area contributed by atoms with Crippen LogP contribution in [0, 0.1) is 50.2 Å². The van der Waals surface area contributed by atoms with Gasteiger partial charge in [-0.3, -0.25) is 9.59 Å². The lowest BCUT2D eigenvalue weighted by Gasteiger charge is -2.71. The Morgan fingerprint density at radius 1 is 0.943 bits per heavy atom. The molecule has 1 aromatic carbocycles. The van der Waals surface area contributed by atoms with Crippen LogP contribution in [0.2, 0.25) is 0 Å². The summed E-state index contributed by atoms with van der Waals surface area (Å²) in [7, 11) is 0. The first-order valence-electron chi connectivity index (χ1n) is 19.0. The number of carbonyl (C=O) groups excluding carboxylic acids is 4. The molecule has 0 saturated heterocycles. The van der Waals surface area contributed by atoms with Crippen LogP contribution in [0.1, 0.15) is 111 Å². The van der Waals surface area contributed by atoms with Crippen molar-refractivity contribution in [3.05, 3.63) is 53.6 Å². The number of hydrogen-bond donors (Lipinski definition) is 2. The average molecular weight is 728 g/mol. The minimum Gasteiger partial charge on any atom is -0.872 e. The van der Waals surface area contributed by atoms with E-state index in [1.165, 1.54) is 30.4 Å². The molecule has 0 radical (unpaired) electrons. The Kier molecular flexibility index (Phi) is 9.64. The summed E-state index contributed by atoms with van der Waals surface area (Å²) in [5.74, 6) is -3.54. The summed E-state index contributed by atoms with van der Waals surface area (Å²) in [4.78, 5) is 63.2. The van der Waals surface area contributed by atoms with Crippen molar-refractivity contribution in [2.45, 2.75) is 106 Å². The molecule has 286 valence electrons. The van der Waals surface area contributed by atoms with Crippen molar-refractivity contribution in [3.8, 4) is 5.75 Å². The van der Waals surface area contributed by atoms with Gasteiger partial charge in [-0.2, -0.15) is 0 Å². The third-order valence-electron chi connectivity index (χ3n) is 15.0. The van der Waals surface area contributed by atoms with Crippen molar-refractivity contribution >= 4 is 41.4 Å². The van der Waals surface area contributed by atoms with Crippen molar-refractivity contribution in [3.63, 3.8) is 0 Å². The predicted octanol–water partition coefficient (Wildman–Crippen LogP) is 6.00. The second kappa shape index (κ2) is 13.3. The van der Waals surface area contributed by atoms with Gasteiger partial charge in [0, 0.05) is 52.6 Å². The lowest BCUT2D eigenvalue weighted by Crippen LogP contribution is -2.67. The highest BCUT2D eigenvalue weighted by Gasteiger charge is 2.70. The molecule has 10 nitrogen and oxygen atoms in total. The number of fused-ring (bicyclic) bond motifs is 7. The van der Waals surface area contributed by atoms with Crippen LogP contribution >= 0.6 is 0 Å². The highest BCUT2D eigenvalue weighted by Crippen LogP contribution is 2.75. The van der Waals surface area contributed by atoms with Gasteiger partial charge in [-0.1, -0.05) is 65.3 Å². The molecule has 0 aromatic heterocycles. The SMILES string of the molecule is CC1(C)CC[C@]2(C(=O)[O-])CC[C@]3(COC(=O)/C=C/c4cc([O-])ccc4NC(=O)/C=C/C(=O)O)C(=CCC4[C@@]5(C)CCC(=O)C(C)(C)C5CC[C@]43C)[C@@H]2C1. The number of Topliss-reactive ketones (excluding diaryl/α,β-unsaturated/α-hetero) is 1. The van der Waals surface area contributed by atoms with Gasteiger partial charge in [0.25, 0.3) is 0 Å². The van der Waals surface area contributed by atoms with Crippen molar-refractivity contribution < 1.29 is 44.0 Å². The van der Waals surface area contributed by atoms with Crippen LogP contribution in [-0.2, 0) is 28.7 Å². The number of anilines is 1. The summed E-state index contributed by atoms with van der Waals surface area (Å²) in [5, 5.41) is 36.8. The number of rotatable bonds is 8. The Morgan fingerprint density at radius 2 is 1.66 bits per heavy atom. The number of carboxylic acids is 2. The molecule has 6 rings (SSSR count). The number of ketones is 1. The largest absolute Gasteiger partial charge is 0.872 e. The normalized spacial score (nSPS) is 35.6. The third kappa shape index (κ3) is 6.33. The number of carboxylic acid groups (broad SMARTS) is 2. The van der Waals surface area contributed by atoms with Crippen LogP contribution in [0.5, 0.6) is 5.75 Å². The molecule has 10 heteroatoms. The van der Waals surface area contributed by atoms with E-state index >= 15 is 0 Å². The zero-order valence-electron chi connectivity index (χ0n) is 31.8. The summed E-state index contributed by atoms with van der Waals surface area (Å²) in [5.41, 5.74) is -1.08. The van der Waals surface area contributed by atoms with E-state index < -0.39 is 40.1 Å². The van der Waals surface area contributed by atoms with Gasteiger partial charge in [0.05, 0.1) is 0 Å². The standard InChI is InChI=1S/C43H55NO9/c1-38(2)19-20-42(37(51)52)21-22-43(25-53-36(50)14-7-26-23-27(45)8-10-30(26)44-34(47)12-13-35(48)49)28(29(42)24-38)9-11-32-40(5)17-16-33(46)39(3,4)31(40)15-18-41(32,43)6/h7-10,12-14,23,29,31-32,45H,11,15-22,24-25H2,1-6H3,(H,44,47)(H,48,49)(H,51,52)/p-2/b13-12+,14-7+/t29-,31?,32?,40-,41+,42-,43-/m0/s1. The molecule has 1 aromatic rings. The molecule has 4 fully saturated rings. The average Bonchev–Trinajstić information content (AvgIpc) is 3.08. The maximum absolute atomic E-state index is 13.6. The Labute approximate surface area is 312 Å². The smallest absolute Gasteiger partial charge is 0.330 e. The fourth-order valence-electron chi connectivity index (χ4n) is 12.0. The van der Waals surface area contributed by atoms with E-state index in [9.17, 15) is 34.2 Å². The first-order chi connectivity index (χ1) is 24.7. The molecule has 53 heavy (non-hydrogen) atoms. The summed E-state index contributed by atoms with van der Waals surface area (Å²) in [6, 6.07) is 3.89. The zero-order valence-corrected chi connectivity index (χ0v) is 31.8. The first kappa shape index (κ1) is 38.5. The van der Waals surface area contributed by atoms with E-state index in [0.29, 0.717) is 44.0 Å². The van der Waals surface area contributed by atoms with Crippen molar-refractivity contribution in [1.82, 2.24) is 0 Å². The van der Waals surface area contributed by atoms with E-state index in [2.05, 4.69) is 52.9 Å². The molecule has 4 saturated carbocycles. The molecule has 5 aliphatic rings. The lowest BCUT2D eigenvalue weighted by molar-refractivity contribution is -0.327. The van der Waals surface area contributed by atoms with Crippen LogP contribution in [0.4, 0.5) is 5.69 Å². The molecule has 0 heterocycles. The van der Waals surface area contributed by atoms with Gasteiger partial charge in [-0.25, -0.2) is 9.59 Å². The van der Waals surface area contributed by atoms with Crippen LogP contribution in [0.25, 0.3) is 6.08 Å². The van der Waals surface area contributed by atoms with Crippen LogP contribution in [-0.4, -0.2) is 41.3 Å². The molecule has 0 spiro atoms. The second-order valence-corrected chi connectivity index (χ2v) is 18.4. The molecular formula is C43H53NO9-2. The predicted molar refractivity (Wildman–Crippen MR) is 195 cm³/mol. The van der Waals surface area contributed by atoms with Gasteiger partial charge >= 0.3 is 11.9 Å². The number of allylic oxidation sites excluding steroid dienone is 1. The number of hydrogen-bond acceptors (Lipinski definition) is 8. The van der Waals surface area contributed by atoms with Crippen LogP contribution in [0.15, 0.2) is 48.1 Å². The fraction of sp³-hybridized carbons (Fsp3) is 0.605. The quantitative estimate of drug-likeness (QED) is 0.185. The Hall–Kier alpha value is -4.21. The van der Waals surface area contributed by atoms with Crippen molar-refractivity contribution in [1.29, 1.82) is 0 Å². The minimum atomic E-state index is -1.29. The second-order valence-electron chi connectivity index (χ2n) is 18.4. The van der Waals surface area contributed by atoms with Crippen LogP contribution < -0.4 is 15.5 Å². The maximum atomic E-state index is 13.6. The van der Waals surface area contributed by atoms with E-state index in [1.807, 2.05) is 0 Å². The number of ether oxygens (including phenoxy) is 1. The van der Waals surface area contributed by atoms with Gasteiger partial charge in [-0.05, 0) is 109 Å². The highest BCUT2D eigenvalue weighted by atomic mass is 16.5. The Balaban J connectivity index is 1.36. The Morgan fingerprint density at radius 3 is 2.36 bits per heavy atom. The van der Waals surface area contributed by atoms with Gasteiger partial charge in [0.15, 0.2) is 0 Å². The van der Waals surface area contributed by atoms with Gasteiger partial charge in [0.1, 0.15) is 12.4 Å². The molecule has 5 aliphatic carbocycles. The van der Waals surface area contributed by atoms with E-state index in [4.69, 9.17) is 9.84 Å². The van der Waals surface area contributed by atoms with E-state index in [1.54, 1.807) is 0 Å². The third-order valence-corrected chi connectivity index (χ3v) is 15.0. The number of esters is 1. The molecule has 2 N–H and O–H groups in total. The lowest BCUT2D eigenvalue weighted by atomic mass is 9.33. The number of benzene rings is 1. The molecule has 0 aliphatic heterocycles. The fourth-order valence-corrected chi connectivity index (χ4v) is 12.0. The number of aliphatic carboxylic acids is 2. The minimum absolute atomic E-state index is 0.0588. The molecular weight excluding hydrogens is 674 g/mol. The monoisotopic (exact) mass is 727 g/mol. The number of amides is 1. The molecule has 2 unspecified atom stereocenters. The van der Waals surface area contributed by atoms with Crippen molar-refractivity contribution in [2.24, 2.45) is 50.2 Å². The van der Waals surface area contributed by atoms with Gasteiger partial charge in [0.2, 0.25) is 5.91 Å². The highest BCUT2D eigenvalue weighted by molar-refractivity contribution is 6.03. The summed E-state index contributed by atoms with van der Waals surface area (Å²) >= 11 is 0. The molecule has 7 atom stereocenters. The van der Waals surface area contributed by atoms with Gasteiger partial charge < -0.3 is 30.2 Å². The number of nitrogens with one attached hydrogen (secondary N) is 1. The summed E-state index contributed by atoms with van der Waals surface area (Å²) in [6.07, 6.45) is 13.2. The summed E-state index contributed by atoms with van der Waals surface area (Å²) in [6.45, 7) is 13.3. The van der Waals surface area contributed by atoms with Crippen molar-refractivity contribution in [2.75, 3.05) is 11.9 Å². The van der Waals surface area contributed by atoms with E-state index in [0.717, 1.165) is 43.8 Å². The topological polar surface area (TPSA) is 173 Å². The first-order valence-corrected chi connectivity index (χ1v) is 19.0. The van der Waals surface area contributed by atoms with Gasteiger partial charge in [-0.15, -0.1) is 5.75 Å². The zero-order chi connectivity index (χ0) is 38.8. The van der Waals surface area contributed by atoms with E-state index in [-0.39, 0.29) is 57.6 Å². The molecule has 0 bridgehead atoms. The summed E-state index contributed by atoms with van der Waals surface area (Å²) < 4.78 is 6.22. The molecule has 1 amide bonds. The van der Waals surface area contributed by atoms with Crippen LogP contribution in [0.3, 0.4) is 0 Å². The maximum Gasteiger partial charge on any atom is 0.330 e.